The molecule has 0 aliphatic heterocycles. The molecule has 0 bridgehead atoms. The average molecular weight is 540 g/mol. The maximum absolute atomic E-state index is 9.53. The monoisotopic (exact) mass is 538 g/mol. The van der Waals surface area contributed by atoms with E-state index in [4.69, 9.17) is 0 Å². The molecule has 4 rings (SSSR count). The first-order valence-electron chi connectivity index (χ1n) is 12.3. The molecule has 0 saturated carbocycles. The summed E-state index contributed by atoms with van der Waals surface area (Å²) >= 11 is 0. The van der Waals surface area contributed by atoms with Gasteiger partial charge in [0, 0.05) is 0 Å². The smallest absolute Gasteiger partial charge is 0.852 e. The van der Waals surface area contributed by atoms with Crippen molar-refractivity contribution in [3.63, 3.8) is 0 Å². The first-order valence-corrected chi connectivity index (χ1v) is 12.3. The molecule has 2 aliphatic carbocycles. The van der Waals surface area contributed by atoms with Crippen molar-refractivity contribution in [2.75, 3.05) is 0 Å². The van der Waals surface area contributed by atoms with Gasteiger partial charge in [-0.3, -0.25) is 6.08 Å². The quantitative estimate of drug-likeness (QED) is 0.393. The van der Waals surface area contributed by atoms with E-state index in [0.717, 1.165) is 0 Å². The molecule has 2 unspecified atom stereocenters. The van der Waals surface area contributed by atoms with Crippen LogP contribution >= 0.6 is 0 Å². The molecule has 0 fully saturated rings. The van der Waals surface area contributed by atoms with Crippen LogP contribution < -0.4 is 10.2 Å². The molecule has 184 valence electrons. The summed E-state index contributed by atoms with van der Waals surface area (Å²) in [5.74, 6) is 1.20. The number of aryl methyl sites for hydroxylation is 2. The van der Waals surface area contributed by atoms with Crippen molar-refractivity contribution in [3.05, 3.63) is 87.5 Å². The van der Waals surface area contributed by atoms with E-state index in [1.54, 1.807) is 38.8 Å². The zero-order valence-electron chi connectivity index (χ0n) is 22.8. The number of fused-ring (bicyclic) bond motifs is 1. The van der Waals surface area contributed by atoms with Crippen LogP contribution in [-0.4, -0.2) is 12.2 Å². The second kappa shape index (κ2) is 16.5. The molecule has 0 spiro atoms. The van der Waals surface area contributed by atoms with E-state index < -0.39 is 12.2 Å². The Balaban J connectivity index is 0.000000515. The summed E-state index contributed by atoms with van der Waals surface area (Å²) in [6.45, 7) is 17.3. The van der Waals surface area contributed by atoms with Crippen LogP contribution in [0.1, 0.15) is 96.4 Å². The normalized spacial score (nSPS) is 18.4. The summed E-state index contributed by atoms with van der Waals surface area (Å²) in [5.41, 5.74) is 10.3. The van der Waals surface area contributed by atoms with E-state index in [-0.39, 0.29) is 26.2 Å². The van der Waals surface area contributed by atoms with Crippen molar-refractivity contribution in [1.29, 1.82) is 0 Å². The number of benzene rings is 1. The zero-order valence-corrected chi connectivity index (χ0v) is 25.2. The van der Waals surface area contributed by atoms with E-state index in [0.29, 0.717) is 11.8 Å². The number of hydrogen-bond donors (Lipinski definition) is 0. The van der Waals surface area contributed by atoms with Gasteiger partial charge in [-0.15, -0.1) is 19.1 Å². The molecule has 34 heavy (non-hydrogen) atoms. The number of hydrogen-bond acceptors (Lipinski definition) is 2. The molecule has 3 heteroatoms. The Labute approximate surface area is 228 Å². The van der Waals surface area contributed by atoms with Crippen molar-refractivity contribution in [2.24, 2.45) is 5.92 Å². The maximum Gasteiger partial charge on any atom is 4.00 e. The molecule has 0 heterocycles. The Morgan fingerprint density at radius 2 is 1.47 bits per heavy atom. The predicted octanol–water partition coefficient (Wildman–Crippen LogP) is 6.41. The number of allylic oxidation sites excluding steroid dienone is 4. The Morgan fingerprint density at radius 3 is 1.88 bits per heavy atom. The number of rotatable bonds is 1. The molecular formula is C31H44O2Zr. The van der Waals surface area contributed by atoms with Crippen molar-refractivity contribution < 1.29 is 36.4 Å². The second-order valence-electron chi connectivity index (χ2n) is 9.77. The molecule has 2 aliphatic rings. The van der Waals surface area contributed by atoms with Gasteiger partial charge < -0.3 is 10.2 Å². The van der Waals surface area contributed by atoms with Gasteiger partial charge in [0.25, 0.3) is 0 Å². The standard InChI is InChI=1S/C16H17.C9H13.2C3H7O.Zr/c1-12-10-14-8-5-9-15(16(14)11-12)13-6-3-2-4-7-13;1-6-5-7(2)9(4)8(6)3;2*1-3(2)4;/h2-4,6-7,10-11,15H,5,8-9H2,1H3;6H,1-4H3;2*3H,1-2H3;/q4*-1;+4. The molecule has 0 N–H and O–H groups in total. The molecule has 2 aromatic rings. The summed E-state index contributed by atoms with van der Waals surface area (Å²) < 4.78 is 0. The fourth-order valence-corrected chi connectivity index (χ4v) is 4.12. The second-order valence-corrected chi connectivity index (χ2v) is 9.77. The minimum atomic E-state index is -0.417. The van der Waals surface area contributed by atoms with Crippen LogP contribution in [0.4, 0.5) is 0 Å². The third-order valence-electron chi connectivity index (χ3n) is 5.91. The van der Waals surface area contributed by atoms with E-state index >= 15 is 0 Å². The maximum atomic E-state index is 9.53. The van der Waals surface area contributed by atoms with Crippen molar-refractivity contribution >= 4 is 0 Å². The van der Waals surface area contributed by atoms with Gasteiger partial charge in [0.05, 0.1) is 0 Å². The molecular weight excluding hydrogens is 496 g/mol. The minimum Gasteiger partial charge on any atom is -0.852 e. The summed E-state index contributed by atoms with van der Waals surface area (Å²) in [7, 11) is 0. The Morgan fingerprint density at radius 1 is 0.941 bits per heavy atom. The molecule has 2 atom stereocenters. The van der Waals surface area contributed by atoms with E-state index in [2.05, 4.69) is 83.2 Å². The third-order valence-corrected chi connectivity index (χ3v) is 5.91. The van der Waals surface area contributed by atoms with Gasteiger partial charge in [-0.2, -0.15) is 33.9 Å². The Kier molecular flexibility index (Phi) is 16.0. The van der Waals surface area contributed by atoms with Crippen LogP contribution in [0.15, 0.2) is 59.2 Å². The summed E-state index contributed by atoms with van der Waals surface area (Å²) in [6.07, 6.45) is 6.43. The summed E-state index contributed by atoms with van der Waals surface area (Å²) in [4.78, 5) is 0. The summed E-state index contributed by atoms with van der Waals surface area (Å²) in [6, 6.07) is 15.7. The van der Waals surface area contributed by atoms with Gasteiger partial charge in [-0.05, 0) is 5.92 Å². The molecule has 0 saturated heterocycles. The first kappa shape index (κ1) is 32.9. The predicted molar refractivity (Wildman–Crippen MR) is 138 cm³/mol. The third kappa shape index (κ3) is 11.5. The average Bonchev–Trinajstić information content (AvgIpc) is 3.22. The van der Waals surface area contributed by atoms with Crippen molar-refractivity contribution in [1.82, 2.24) is 0 Å². The van der Waals surface area contributed by atoms with Gasteiger partial charge in [-0.25, -0.2) is 11.6 Å². The van der Waals surface area contributed by atoms with Gasteiger partial charge >= 0.3 is 26.2 Å². The van der Waals surface area contributed by atoms with E-state index in [9.17, 15) is 10.2 Å². The van der Waals surface area contributed by atoms with Gasteiger partial charge in [0.1, 0.15) is 0 Å². The Bertz CT molecular complexity index is 876. The van der Waals surface area contributed by atoms with Crippen LogP contribution in [0, 0.1) is 18.9 Å². The van der Waals surface area contributed by atoms with Gasteiger partial charge in [0.2, 0.25) is 0 Å². The van der Waals surface area contributed by atoms with E-state index in [1.807, 2.05) is 0 Å². The van der Waals surface area contributed by atoms with Gasteiger partial charge in [0.15, 0.2) is 0 Å². The van der Waals surface area contributed by atoms with Crippen LogP contribution in [0.2, 0.25) is 0 Å². The zero-order chi connectivity index (χ0) is 25.1. The SMILES string of the molecule is CC(C)[O-].CC(C)[O-].CC1=[C-]C(C)C(C)=C1C.Cc1cc2c([cH-]1)CCCC2c1ccccc1.[Zr+4]. The molecule has 0 aromatic heterocycles. The fourth-order valence-electron chi connectivity index (χ4n) is 4.12. The topological polar surface area (TPSA) is 46.1 Å². The van der Waals surface area contributed by atoms with E-state index in [1.165, 1.54) is 47.1 Å². The van der Waals surface area contributed by atoms with Crippen molar-refractivity contribution in [2.45, 2.75) is 99.7 Å². The molecule has 0 amide bonds. The van der Waals surface area contributed by atoms with Crippen LogP contribution in [-0.2, 0) is 32.6 Å². The fraction of sp³-hybridized carbons (Fsp3) is 0.516. The molecule has 0 radical (unpaired) electrons. The minimum absolute atomic E-state index is 0. The summed E-state index contributed by atoms with van der Waals surface area (Å²) in [5, 5.41) is 19.1. The van der Waals surface area contributed by atoms with Crippen LogP contribution in [0.5, 0.6) is 0 Å². The Hall–Kier alpha value is -1.15. The van der Waals surface area contributed by atoms with Gasteiger partial charge in [-0.1, -0.05) is 116 Å². The molecule has 2 aromatic carbocycles. The van der Waals surface area contributed by atoms with Crippen molar-refractivity contribution in [3.8, 4) is 0 Å². The first-order chi connectivity index (χ1) is 15.4. The largest absolute Gasteiger partial charge is 4.00 e. The molecule has 2 nitrogen and oxygen atoms in total. The van der Waals surface area contributed by atoms with Crippen LogP contribution in [0.25, 0.3) is 0 Å². The van der Waals surface area contributed by atoms with Crippen LogP contribution in [0.3, 0.4) is 0 Å².